The smallest absolute Gasteiger partial charge is 0.246 e. The highest BCUT2D eigenvalue weighted by atomic mass is 19.2. The van der Waals surface area contributed by atoms with Crippen LogP contribution in [0.5, 0.6) is 0 Å². The molecule has 0 aliphatic carbocycles. The van der Waals surface area contributed by atoms with Gasteiger partial charge in [0, 0.05) is 13.2 Å². The quantitative estimate of drug-likeness (QED) is 0.429. The molecule has 0 bridgehead atoms. The van der Waals surface area contributed by atoms with Crippen LogP contribution in [-0.4, -0.2) is 37.7 Å². The minimum atomic E-state index is -1.65. The Bertz CT molecular complexity index is 604. The first-order valence-corrected chi connectivity index (χ1v) is 7.06. The monoisotopic (exact) mass is 330 g/mol. The van der Waals surface area contributed by atoms with E-state index < -0.39 is 29.0 Å². The second-order valence-corrected chi connectivity index (χ2v) is 4.99. The van der Waals surface area contributed by atoms with Gasteiger partial charge >= 0.3 is 0 Å². The molecule has 0 aromatic heterocycles. The standard InChI is InChI=1S/C14H17F3N4O2/c15-9-3-4-10(13(17)12(9)16)21-11(22)7-20-14(18)19-6-8-2-1-5-23-8/h3-4,8H,1-2,5-7H2,(H,21,22)(H3,18,19,20). The Labute approximate surface area is 130 Å². The lowest BCUT2D eigenvalue weighted by molar-refractivity contribution is -0.114. The van der Waals surface area contributed by atoms with Crippen molar-refractivity contribution >= 4 is 17.6 Å². The lowest BCUT2D eigenvalue weighted by atomic mass is 10.2. The van der Waals surface area contributed by atoms with Crippen molar-refractivity contribution in [3.63, 3.8) is 0 Å². The average molecular weight is 330 g/mol. The third-order valence-corrected chi connectivity index (χ3v) is 3.24. The SMILES string of the molecule is NC(=NCC(=O)Nc1ccc(F)c(F)c1F)NCC1CCCO1. The number of carbonyl (C=O) groups is 1. The zero-order valence-electron chi connectivity index (χ0n) is 12.2. The fraction of sp³-hybridized carbons (Fsp3) is 0.429. The molecule has 9 heteroatoms. The summed E-state index contributed by atoms with van der Waals surface area (Å²) in [6, 6.07) is 1.64. The van der Waals surface area contributed by atoms with Crippen molar-refractivity contribution in [2.45, 2.75) is 18.9 Å². The lowest BCUT2D eigenvalue weighted by Gasteiger charge is -2.11. The minimum Gasteiger partial charge on any atom is -0.376 e. The summed E-state index contributed by atoms with van der Waals surface area (Å²) in [5.41, 5.74) is 5.12. The van der Waals surface area contributed by atoms with Crippen molar-refractivity contribution < 1.29 is 22.7 Å². The van der Waals surface area contributed by atoms with Crippen molar-refractivity contribution in [1.82, 2.24) is 5.32 Å². The number of nitrogens with two attached hydrogens (primary N) is 1. The normalized spacial score (nSPS) is 18.0. The summed E-state index contributed by atoms with van der Waals surface area (Å²) in [7, 11) is 0. The highest BCUT2D eigenvalue weighted by Gasteiger charge is 2.16. The van der Waals surface area contributed by atoms with Gasteiger partial charge in [0.15, 0.2) is 23.4 Å². The molecule has 6 nitrogen and oxygen atoms in total. The van der Waals surface area contributed by atoms with Gasteiger partial charge in [0.1, 0.15) is 6.54 Å². The number of nitrogens with zero attached hydrogens (tertiary/aromatic N) is 1. The van der Waals surface area contributed by atoms with Crippen LogP contribution in [0.4, 0.5) is 18.9 Å². The number of halogens is 3. The number of carbonyl (C=O) groups excluding carboxylic acids is 1. The maximum atomic E-state index is 13.4. The van der Waals surface area contributed by atoms with Gasteiger partial charge in [0.25, 0.3) is 0 Å². The van der Waals surface area contributed by atoms with E-state index in [-0.39, 0.29) is 18.6 Å². The predicted molar refractivity (Wildman–Crippen MR) is 78.4 cm³/mol. The summed E-state index contributed by atoms with van der Waals surface area (Å²) in [5.74, 6) is -5.12. The summed E-state index contributed by atoms with van der Waals surface area (Å²) >= 11 is 0. The van der Waals surface area contributed by atoms with Crippen molar-refractivity contribution in [2.24, 2.45) is 10.7 Å². The number of anilines is 1. The van der Waals surface area contributed by atoms with Gasteiger partial charge in [0.05, 0.1) is 11.8 Å². The number of guanidine groups is 1. The zero-order valence-corrected chi connectivity index (χ0v) is 12.2. The van der Waals surface area contributed by atoms with Crippen LogP contribution in [0.3, 0.4) is 0 Å². The Morgan fingerprint density at radius 2 is 2.13 bits per heavy atom. The van der Waals surface area contributed by atoms with E-state index >= 15 is 0 Å². The van der Waals surface area contributed by atoms with E-state index in [4.69, 9.17) is 10.5 Å². The molecule has 0 radical (unpaired) electrons. The van der Waals surface area contributed by atoms with Gasteiger partial charge in [0.2, 0.25) is 5.91 Å². The summed E-state index contributed by atoms with van der Waals surface area (Å²) < 4.78 is 44.6. The van der Waals surface area contributed by atoms with Gasteiger partial charge in [-0.2, -0.15) is 0 Å². The Balaban J connectivity index is 1.82. The Morgan fingerprint density at radius 3 is 2.83 bits per heavy atom. The number of benzene rings is 1. The second-order valence-electron chi connectivity index (χ2n) is 4.99. The van der Waals surface area contributed by atoms with Gasteiger partial charge < -0.3 is 21.1 Å². The van der Waals surface area contributed by atoms with Crippen LogP contribution in [0, 0.1) is 17.5 Å². The van der Waals surface area contributed by atoms with Gasteiger partial charge in [-0.1, -0.05) is 0 Å². The summed E-state index contributed by atoms with van der Waals surface area (Å²) in [6.45, 7) is 0.809. The minimum absolute atomic E-state index is 0.0430. The molecule has 23 heavy (non-hydrogen) atoms. The van der Waals surface area contributed by atoms with Crippen LogP contribution in [0.25, 0.3) is 0 Å². The van der Waals surface area contributed by atoms with Crippen molar-refractivity contribution in [3.8, 4) is 0 Å². The van der Waals surface area contributed by atoms with Gasteiger partial charge in [-0.15, -0.1) is 0 Å². The largest absolute Gasteiger partial charge is 0.376 e. The van der Waals surface area contributed by atoms with Crippen LogP contribution in [0.1, 0.15) is 12.8 Å². The Kier molecular flexibility index (Phi) is 5.80. The number of rotatable bonds is 5. The van der Waals surface area contributed by atoms with E-state index in [2.05, 4.69) is 15.6 Å². The number of amides is 1. The first-order chi connectivity index (χ1) is 11.0. The molecule has 1 atom stereocenters. The summed E-state index contributed by atoms with van der Waals surface area (Å²) in [4.78, 5) is 15.4. The molecule has 0 saturated carbocycles. The van der Waals surface area contributed by atoms with E-state index in [1.165, 1.54) is 0 Å². The maximum Gasteiger partial charge on any atom is 0.246 e. The molecule has 1 aromatic carbocycles. The molecule has 1 amide bonds. The molecule has 1 saturated heterocycles. The molecule has 1 heterocycles. The lowest BCUT2D eigenvalue weighted by Crippen LogP contribution is -2.37. The van der Waals surface area contributed by atoms with Crippen LogP contribution >= 0.6 is 0 Å². The van der Waals surface area contributed by atoms with Crippen molar-refractivity contribution in [3.05, 3.63) is 29.6 Å². The topological polar surface area (TPSA) is 88.7 Å². The van der Waals surface area contributed by atoms with Crippen LogP contribution in [-0.2, 0) is 9.53 Å². The fourth-order valence-corrected chi connectivity index (χ4v) is 2.05. The molecule has 1 aromatic rings. The number of hydrogen-bond donors (Lipinski definition) is 3. The van der Waals surface area contributed by atoms with Gasteiger partial charge in [-0.05, 0) is 25.0 Å². The third-order valence-electron chi connectivity index (χ3n) is 3.24. The van der Waals surface area contributed by atoms with Crippen molar-refractivity contribution in [2.75, 3.05) is 25.0 Å². The molecule has 1 aliphatic rings. The second kappa shape index (κ2) is 7.82. The van der Waals surface area contributed by atoms with Crippen molar-refractivity contribution in [1.29, 1.82) is 0 Å². The molecule has 1 aliphatic heterocycles. The fourth-order valence-electron chi connectivity index (χ4n) is 2.05. The first-order valence-electron chi connectivity index (χ1n) is 7.06. The van der Waals surface area contributed by atoms with E-state index in [1.54, 1.807) is 0 Å². The molecule has 4 N–H and O–H groups in total. The van der Waals surface area contributed by atoms with Gasteiger partial charge in [-0.3, -0.25) is 4.79 Å². The van der Waals surface area contributed by atoms with Crippen LogP contribution < -0.4 is 16.4 Å². The highest BCUT2D eigenvalue weighted by Crippen LogP contribution is 2.19. The van der Waals surface area contributed by atoms with E-state index in [0.29, 0.717) is 13.2 Å². The number of hydrogen-bond acceptors (Lipinski definition) is 3. The van der Waals surface area contributed by atoms with Gasteiger partial charge in [-0.25, -0.2) is 18.2 Å². The third kappa shape index (κ3) is 4.85. The molecule has 126 valence electrons. The molecule has 2 rings (SSSR count). The molecular weight excluding hydrogens is 313 g/mol. The van der Waals surface area contributed by atoms with E-state index in [9.17, 15) is 18.0 Å². The average Bonchev–Trinajstić information content (AvgIpc) is 3.05. The maximum absolute atomic E-state index is 13.4. The molecule has 1 fully saturated rings. The Hall–Kier alpha value is -2.29. The number of ether oxygens (including phenoxy) is 1. The molecule has 1 unspecified atom stereocenters. The van der Waals surface area contributed by atoms with E-state index in [0.717, 1.165) is 25.0 Å². The summed E-state index contributed by atoms with van der Waals surface area (Å²) in [6.07, 6.45) is 1.98. The first kappa shape index (κ1) is 17.1. The predicted octanol–water partition coefficient (Wildman–Crippen LogP) is 1.13. The Morgan fingerprint density at radius 1 is 1.35 bits per heavy atom. The zero-order chi connectivity index (χ0) is 16.8. The van der Waals surface area contributed by atoms with E-state index in [1.807, 2.05) is 0 Å². The number of nitrogens with one attached hydrogen (secondary N) is 2. The molecule has 0 spiro atoms. The summed E-state index contributed by atoms with van der Waals surface area (Å²) in [5, 5.41) is 4.91. The van der Waals surface area contributed by atoms with Crippen LogP contribution in [0.2, 0.25) is 0 Å². The number of aliphatic imine (C=N–C) groups is 1. The molecular formula is C14H17F3N4O2. The van der Waals surface area contributed by atoms with Crippen LogP contribution in [0.15, 0.2) is 17.1 Å². The highest BCUT2D eigenvalue weighted by molar-refractivity contribution is 5.94.